The molecular weight excluding hydrogens is 555 g/mol. The predicted octanol–water partition coefficient (Wildman–Crippen LogP) is 6.77. The van der Waals surface area contributed by atoms with Crippen LogP contribution in [0.25, 0.3) is 6.08 Å². The van der Waals surface area contributed by atoms with Crippen molar-refractivity contribution in [1.82, 2.24) is 5.01 Å². The molecule has 5 rings (SSSR count). The normalized spacial score (nSPS) is 16.0. The molecule has 0 atom stereocenters. The smallest absolute Gasteiger partial charge is 0.283 e. The van der Waals surface area contributed by atoms with Gasteiger partial charge in [0.05, 0.1) is 20.6 Å². The lowest BCUT2D eigenvalue weighted by Gasteiger charge is -2.20. The topological polar surface area (TPSA) is 87.3 Å². The summed E-state index contributed by atoms with van der Waals surface area (Å²) in [6, 6.07) is 19.8. The molecule has 7 nitrogen and oxygen atoms in total. The summed E-state index contributed by atoms with van der Waals surface area (Å²) in [7, 11) is 0. The molecule has 0 saturated heterocycles. The van der Waals surface area contributed by atoms with E-state index < -0.39 is 5.91 Å². The highest BCUT2D eigenvalue weighted by Gasteiger charge is 2.36. The number of amidine groups is 2. The van der Waals surface area contributed by atoms with Crippen LogP contribution in [0.2, 0.25) is 15.1 Å². The number of ether oxygens (including phenoxy) is 2. The number of rotatable bonds is 7. The van der Waals surface area contributed by atoms with Crippen LogP contribution in [0.5, 0.6) is 11.5 Å². The molecule has 1 N–H and O–H groups in total. The number of hydrogen-bond acceptors (Lipinski definition) is 6. The first-order chi connectivity index (χ1) is 17.9. The van der Waals surface area contributed by atoms with Crippen LogP contribution in [0.4, 0.5) is 0 Å². The lowest BCUT2D eigenvalue weighted by atomic mass is 10.1. The van der Waals surface area contributed by atoms with E-state index in [-0.39, 0.29) is 28.1 Å². The van der Waals surface area contributed by atoms with Gasteiger partial charge in [0.25, 0.3) is 5.91 Å². The first-order valence-corrected chi connectivity index (χ1v) is 12.9. The molecule has 1 amide bonds. The van der Waals surface area contributed by atoms with Crippen LogP contribution >= 0.6 is 46.6 Å². The molecule has 0 bridgehead atoms. The van der Waals surface area contributed by atoms with Crippen molar-refractivity contribution in [2.24, 2.45) is 10.1 Å². The van der Waals surface area contributed by atoms with Gasteiger partial charge in [-0.05, 0) is 53.7 Å². The van der Waals surface area contributed by atoms with Crippen molar-refractivity contribution in [3.63, 3.8) is 0 Å². The van der Waals surface area contributed by atoms with E-state index >= 15 is 0 Å². The molecule has 0 unspecified atom stereocenters. The summed E-state index contributed by atoms with van der Waals surface area (Å²) < 4.78 is 11.3. The molecule has 0 spiro atoms. The minimum absolute atomic E-state index is 0.0468. The van der Waals surface area contributed by atoms with Crippen LogP contribution in [0.1, 0.15) is 11.1 Å². The fraction of sp³-hybridized carbons (Fsp3) is 0.0769. The fourth-order valence-electron chi connectivity index (χ4n) is 3.52. The van der Waals surface area contributed by atoms with Crippen molar-refractivity contribution in [3.05, 3.63) is 98.5 Å². The standard InChI is InChI=1S/C26H17Cl3N4O3S/c27-19-9-5-4-8-17(19)25-32-33-23(30)18(24(34)31-26(33)37-25)12-15-13-20(28)22(21(29)14-15)36-11-10-35-16-6-2-1-3-7-16/h1-9,12-14,30H,10-11H2. The summed E-state index contributed by atoms with van der Waals surface area (Å²) in [5.74, 6) is 0.355. The van der Waals surface area contributed by atoms with E-state index in [1.807, 2.05) is 48.5 Å². The van der Waals surface area contributed by atoms with E-state index in [1.165, 1.54) is 22.8 Å². The third-order valence-corrected chi connectivity index (χ3v) is 7.06. The van der Waals surface area contributed by atoms with Gasteiger partial charge in [-0.25, -0.2) is 0 Å². The second kappa shape index (κ2) is 11.0. The lowest BCUT2D eigenvalue weighted by Crippen LogP contribution is -2.35. The van der Waals surface area contributed by atoms with Crippen molar-refractivity contribution in [2.75, 3.05) is 13.2 Å². The molecule has 0 radical (unpaired) electrons. The Balaban J connectivity index is 1.32. The number of benzene rings is 3. The molecule has 37 heavy (non-hydrogen) atoms. The van der Waals surface area contributed by atoms with E-state index in [0.29, 0.717) is 38.7 Å². The van der Waals surface area contributed by atoms with Crippen molar-refractivity contribution in [1.29, 1.82) is 5.41 Å². The molecule has 0 fully saturated rings. The van der Waals surface area contributed by atoms with Crippen molar-refractivity contribution in [2.45, 2.75) is 0 Å². The highest BCUT2D eigenvalue weighted by Crippen LogP contribution is 2.36. The number of nitrogens with one attached hydrogen (secondary N) is 1. The zero-order chi connectivity index (χ0) is 25.9. The number of halogens is 3. The first kappa shape index (κ1) is 25.4. The Labute approximate surface area is 231 Å². The third-order valence-electron chi connectivity index (χ3n) is 5.23. The number of hydrazone groups is 1. The molecule has 2 heterocycles. The molecule has 186 valence electrons. The lowest BCUT2D eigenvalue weighted by molar-refractivity contribution is -0.114. The van der Waals surface area contributed by atoms with Gasteiger partial charge < -0.3 is 9.47 Å². The van der Waals surface area contributed by atoms with Gasteiger partial charge in [-0.3, -0.25) is 10.2 Å². The number of para-hydroxylation sites is 1. The second-order valence-corrected chi connectivity index (χ2v) is 9.91. The van der Waals surface area contributed by atoms with Gasteiger partial charge in [0, 0.05) is 5.56 Å². The number of carbonyl (C=O) groups excluding carboxylic acids is 1. The highest BCUT2D eigenvalue weighted by atomic mass is 35.5. The molecule has 3 aromatic carbocycles. The summed E-state index contributed by atoms with van der Waals surface area (Å²) in [6.07, 6.45) is 1.50. The maximum absolute atomic E-state index is 12.8. The molecule has 0 saturated carbocycles. The SMILES string of the molecule is N=C1C(=Cc2cc(Cl)c(OCCOc3ccccc3)c(Cl)c2)C(=O)N=C2SC(c3ccccc3Cl)=NN12. The Bertz CT molecular complexity index is 1470. The minimum atomic E-state index is -0.565. The van der Waals surface area contributed by atoms with Gasteiger partial charge in [0.1, 0.15) is 24.0 Å². The van der Waals surface area contributed by atoms with Crippen LogP contribution in [0.3, 0.4) is 0 Å². The van der Waals surface area contributed by atoms with E-state index in [1.54, 1.807) is 18.2 Å². The van der Waals surface area contributed by atoms with E-state index in [0.717, 1.165) is 5.75 Å². The van der Waals surface area contributed by atoms with Gasteiger partial charge in [-0.15, -0.1) is 0 Å². The Morgan fingerprint density at radius 1 is 0.919 bits per heavy atom. The van der Waals surface area contributed by atoms with Crippen LogP contribution in [-0.4, -0.2) is 40.2 Å². The van der Waals surface area contributed by atoms with Crippen LogP contribution < -0.4 is 9.47 Å². The molecule has 3 aromatic rings. The molecule has 11 heteroatoms. The Hall–Kier alpha value is -3.30. The van der Waals surface area contributed by atoms with Crippen molar-refractivity contribution < 1.29 is 14.3 Å². The average Bonchev–Trinajstić information content (AvgIpc) is 3.30. The molecule has 2 aliphatic heterocycles. The third kappa shape index (κ3) is 5.52. The average molecular weight is 572 g/mol. The number of amides is 1. The molecule has 0 aromatic heterocycles. The number of fused-ring (bicyclic) bond motifs is 1. The van der Waals surface area contributed by atoms with Gasteiger partial charge in [-0.1, -0.05) is 71.2 Å². The van der Waals surface area contributed by atoms with Gasteiger partial charge in [0.2, 0.25) is 5.17 Å². The number of aliphatic imine (C=N–C) groups is 1. The van der Waals surface area contributed by atoms with Crippen LogP contribution in [0.15, 0.2) is 82.4 Å². The minimum Gasteiger partial charge on any atom is -0.490 e. The van der Waals surface area contributed by atoms with Crippen LogP contribution in [0, 0.1) is 5.41 Å². The van der Waals surface area contributed by atoms with Gasteiger partial charge >= 0.3 is 0 Å². The zero-order valence-electron chi connectivity index (χ0n) is 19.0. The zero-order valence-corrected chi connectivity index (χ0v) is 22.0. The molecule has 2 aliphatic rings. The van der Waals surface area contributed by atoms with Crippen LogP contribution in [-0.2, 0) is 4.79 Å². The quantitative estimate of drug-likeness (QED) is 0.250. The maximum atomic E-state index is 12.8. The first-order valence-electron chi connectivity index (χ1n) is 11.0. The molecule has 0 aliphatic carbocycles. The number of carbonyl (C=O) groups is 1. The summed E-state index contributed by atoms with van der Waals surface area (Å²) >= 11 is 20.3. The van der Waals surface area contributed by atoms with Crippen molar-refractivity contribution >= 4 is 74.6 Å². The fourth-order valence-corrected chi connectivity index (χ4v) is 5.35. The highest BCUT2D eigenvalue weighted by molar-refractivity contribution is 8.27. The number of hydrogen-bond donors (Lipinski definition) is 1. The van der Waals surface area contributed by atoms with E-state index in [2.05, 4.69) is 10.1 Å². The summed E-state index contributed by atoms with van der Waals surface area (Å²) in [5, 5.41) is 16.2. The van der Waals surface area contributed by atoms with E-state index in [9.17, 15) is 4.79 Å². The number of thioether (sulfide) groups is 1. The second-order valence-electron chi connectivity index (χ2n) is 7.73. The maximum Gasteiger partial charge on any atom is 0.283 e. The van der Waals surface area contributed by atoms with E-state index in [4.69, 9.17) is 49.7 Å². The Kier molecular flexibility index (Phi) is 7.53. The summed E-state index contributed by atoms with van der Waals surface area (Å²) in [4.78, 5) is 16.9. The Morgan fingerprint density at radius 2 is 1.59 bits per heavy atom. The predicted molar refractivity (Wildman–Crippen MR) is 149 cm³/mol. The van der Waals surface area contributed by atoms with Crippen molar-refractivity contribution in [3.8, 4) is 11.5 Å². The number of nitrogens with zero attached hydrogens (tertiary/aromatic N) is 3. The van der Waals surface area contributed by atoms with Gasteiger partial charge in [-0.2, -0.15) is 15.1 Å². The monoisotopic (exact) mass is 570 g/mol. The summed E-state index contributed by atoms with van der Waals surface area (Å²) in [6.45, 7) is 0.535. The largest absolute Gasteiger partial charge is 0.490 e. The summed E-state index contributed by atoms with van der Waals surface area (Å²) in [5.41, 5.74) is 1.25. The Morgan fingerprint density at radius 3 is 2.32 bits per heavy atom. The molecular formula is C26H17Cl3N4O3S. The van der Waals surface area contributed by atoms with Gasteiger partial charge in [0.15, 0.2) is 11.6 Å².